The van der Waals surface area contributed by atoms with Gasteiger partial charge in [-0.3, -0.25) is 0 Å². The van der Waals surface area contributed by atoms with E-state index in [1.165, 1.54) is 27.5 Å². The van der Waals surface area contributed by atoms with Crippen molar-refractivity contribution >= 4 is 49.9 Å². The molecule has 2 aliphatic rings. The minimum absolute atomic E-state index is 0.383. The van der Waals surface area contributed by atoms with Gasteiger partial charge in [-0.25, -0.2) is 0 Å². The molecule has 0 amide bonds. The van der Waals surface area contributed by atoms with Crippen LogP contribution in [-0.4, -0.2) is 0 Å². The molecule has 0 bridgehead atoms. The Bertz CT molecular complexity index is 2130. The molecule has 0 saturated carbocycles. The maximum Gasteiger partial charge on any atom is 0.143 e. The number of furan rings is 1. The van der Waals surface area contributed by atoms with Crippen molar-refractivity contribution in [2.24, 2.45) is 11.8 Å². The van der Waals surface area contributed by atoms with Gasteiger partial charge in [0.2, 0.25) is 0 Å². The largest absolute Gasteiger partial charge is 0.455 e. The lowest BCUT2D eigenvalue weighted by Gasteiger charge is -2.28. The van der Waals surface area contributed by atoms with Crippen LogP contribution in [0.5, 0.6) is 0 Å². The first-order valence-electron chi connectivity index (χ1n) is 14.2. The fourth-order valence-electron chi connectivity index (χ4n) is 6.63. The van der Waals surface area contributed by atoms with Crippen LogP contribution >= 0.6 is 11.6 Å². The molecule has 0 spiro atoms. The first kappa shape index (κ1) is 24.2. The first-order chi connectivity index (χ1) is 20.2. The van der Waals surface area contributed by atoms with Crippen LogP contribution in [-0.2, 0) is 0 Å². The number of allylic oxidation sites excluding steroid dienone is 8. The van der Waals surface area contributed by atoms with E-state index in [0.29, 0.717) is 16.9 Å². The molecule has 8 rings (SSSR count). The molecule has 0 radical (unpaired) electrons. The molecule has 2 unspecified atom stereocenters. The Morgan fingerprint density at radius 1 is 0.610 bits per heavy atom. The van der Waals surface area contributed by atoms with Crippen molar-refractivity contribution in [2.45, 2.75) is 6.92 Å². The summed E-state index contributed by atoms with van der Waals surface area (Å²) >= 11 is 6.78. The van der Waals surface area contributed by atoms with Gasteiger partial charge in [0.25, 0.3) is 0 Å². The van der Waals surface area contributed by atoms with Gasteiger partial charge in [0, 0.05) is 32.8 Å². The van der Waals surface area contributed by atoms with Crippen LogP contribution in [0.2, 0.25) is 5.02 Å². The molecular weight excluding hydrogens is 520 g/mol. The lowest BCUT2D eigenvalue weighted by Crippen LogP contribution is -2.15. The average molecular weight is 547 g/mol. The second-order valence-electron chi connectivity index (χ2n) is 11.1. The van der Waals surface area contributed by atoms with Gasteiger partial charge in [-0.2, -0.15) is 0 Å². The highest BCUT2D eigenvalue weighted by molar-refractivity contribution is 6.31. The van der Waals surface area contributed by atoms with E-state index in [9.17, 15) is 0 Å². The van der Waals surface area contributed by atoms with Gasteiger partial charge < -0.3 is 4.42 Å². The summed E-state index contributed by atoms with van der Waals surface area (Å²) in [7, 11) is 0. The van der Waals surface area contributed by atoms with E-state index >= 15 is 0 Å². The van der Waals surface area contributed by atoms with Crippen LogP contribution in [0.15, 0.2) is 144 Å². The fourth-order valence-corrected chi connectivity index (χ4v) is 6.87. The second kappa shape index (κ2) is 9.51. The Hall–Kier alpha value is -4.59. The SMILES string of the molecule is CC1C=CC(c2cccc3c2oc2c(-c4cc(Cl)cc(-c5cccc6ccccc56)c4)cccc23)=C2C=CC=CC21. The van der Waals surface area contributed by atoms with Gasteiger partial charge in [-0.1, -0.05) is 134 Å². The topological polar surface area (TPSA) is 13.1 Å². The molecule has 196 valence electrons. The highest BCUT2D eigenvalue weighted by Gasteiger charge is 2.26. The normalized spacial score (nSPS) is 18.1. The molecule has 0 saturated heterocycles. The maximum absolute atomic E-state index is 6.83. The van der Waals surface area contributed by atoms with Crippen molar-refractivity contribution in [3.05, 3.63) is 150 Å². The molecule has 5 aromatic carbocycles. The molecule has 2 atom stereocenters. The van der Waals surface area contributed by atoms with Crippen molar-refractivity contribution in [1.82, 2.24) is 0 Å². The number of para-hydroxylation sites is 2. The van der Waals surface area contributed by atoms with Crippen LogP contribution in [0.4, 0.5) is 0 Å². The quantitative estimate of drug-likeness (QED) is 0.215. The predicted octanol–water partition coefficient (Wildman–Crippen LogP) is 11.4. The van der Waals surface area contributed by atoms with E-state index in [-0.39, 0.29) is 0 Å². The molecule has 41 heavy (non-hydrogen) atoms. The molecule has 6 aromatic rings. The lowest BCUT2D eigenvalue weighted by molar-refractivity contribution is 0.585. The zero-order valence-corrected chi connectivity index (χ0v) is 23.4. The highest BCUT2D eigenvalue weighted by Crippen LogP contribution is 2.44. The standard InChI is InChI=1S/C39H27ClO/c1-24-19-20-34(33-13-5-4-11-29(24)33)35-16-8-18-37-36-17-7-15-32(38(36)41-39(35)37)27-21-26(22-28(40)23-27)31-14-6-10-25-9-2-3-12-30(25)31/h2-24,29H,1H3. The zero-order valence-electron chi connectivity index (χ0n) is 22.6. The summed E-state index contributed by atoms with van der Waals surface area (Å²) in [6.45, 7) is 2.28. The first-order valence-corrected chi connectivity index (χ1v) is 14.5. The predicted molar refractivity (Wildman–Crippen MR) is 174 cm³/mol. The number of fused-ring (bicyclic) bond motifs is 5. The summed E-state index contributed by atoms with van der Waals surface area (Å²) in [5.74, 6) is 0.851. The minimum atomic E-state index is 0.383. The van der Waals surface area contributed by atoms with Gasteiger partial charge in [0.15, 0.2) is 0 Å². The van der Waals surface area contributed by atoms with E-state index in [4.69, 9.17) is 16.0 Å². The Balaban J connectivity index is 1.33. The Morgan fingerprint density at radius 3 is 2.12 bits per heavy atom. The van der Waals surface area contributed by atoms with Crippen molar-refractivity contribution in [2.75, 3.05) is 0 Å². The van der Waals surface area contributed by atoms with Gasteiger partial charge >= 0.3 is 0 Å². The van der Waals surface area contributed by atoms with E-state index in [1.807, 2.05) is 6.07 Å². The maximum atomic E-state index is 6.83. The van der Waals surface area contributed by atoms with E-state index < -0.39 is 0 Å². The Kier molecular flexibility index (Phi) is 5.62. The van der Waals surface area contributed by atoms with E-state index in [0.717, 1.165) is 44.2 Å². The summed E-state index contributed by atoms with van der Waals surface area (Å²) in [6.07, 6.45) is 13.5. The molecule has 0 N–H and O–H groups in total. The van der Waals surface area contributed by atoms with Crippen LogP contribution in [0.1, 0.15) is 12.5 Å². The summed E-state index contributed by atoms with van der Waals surface area (Å²) in [5, 5.41) is 5.37. The van der Waals surface area contributed by atoms with Gasteiger partial charge in [-0.05, 0) is 62.7 Å². The summed E-state index contributed by atoms with van der Waals surface area (Å²) < 4.78 is 6.83. The molecule has 1 heterocycles. The van der Waals surface area contributed by atoms with Crippen molar-refractivity contribution < 1.29 is 4.42 Å². The highest BCUT2D eigenvalue weighted by atomic mass is 35.5. The molecule has 0 fully saturated rings. The summed E-state index contributed by atoms with van der Waals surface area (Å²) in [4.78, 5) is 0. The molecule has 0 aliphatic heterocycles. The molecule has 2 heteroatoms. The number of hydrogen-bond acceptors (Lipinski definition) is 1. The average Bonchev–Trinajstić information content (AvgIpc) is 3.40. The van der Waals surface area contributed by atoms with Gasteiger partial charge in [-0.15, -0.1) is 0 Å². The fraction of sp³-hybridized carbons (Fsp3) is 0.0769. The third kappa shape index (κ3) is 3.92. The monoisotopic (exact) mass is 546 g/mol. The molecular formula is C39H27ClO. The van der Waals surface area contributed by atoms with Crippen LogP contribution < -0.4 is 0 Å². The minimum Gasteiger partial charge on any atom is -0.455 e. The number of halogens is 1. The lowest BCUT2D eigenvalue weighted by atomic mass is 9.76. The van der Waals surface area contributed by atoms with Crippen LogP contribution in [0.25, 0.3) is 60.5 Å². The number of benzene rings is 5. The van der Waals surface area contributed by atoms with E-state index in [2.05, 4.69) is 134 Å². The van der Waals surface area contributed by atoms with Gasteiger partial charge in [0.1, 0.15) is 11.2 Å². The smallest absolute Gasteiger partial charge is 0.143 e. The van der Waals surface area contributed by atoms with E-state index in [1.54, 1.807) is 0 Å². The Labute approximate surface area is 244 Å². The Morgan fingerprint density at radius 2 is 1.27 bits per heavy atom. The van der Waals surface area contributed by atoms with Crippen LogP contribution in [0.3, 0.4) is 0 Å². The summed E-state index contributed by atoms with van der Waals surface area (Å²) in [5.41, 5.74) is 9.88. The zero-order chi connectivity index (χ0) is 27.5. The van der Waals surface area contributed by atoms with Crippen molar-refractivity contribution in [3.63, 3.8) is 0 Å². The van der Waals surface area contributed by atoms with Crippen molar-refractivity contribution in [1.29, 1.82) is 0 Å². The van der Waals surface area contributed by atoms with Crippen molar-refractivity contribution in [3.8, 4) is 22.3 Å². The number of hydrogen-bond donors (Lipinski definition) is 0. The molecule has 1 aromatic heterocycles. The molecule has 1 nitrogen and oxygen atoms in total. The third-order valence-electron chi connectivity index (χ3n) is 8.63. The van der Waals surface area contributed by atoms with Gasteiger partial charge in [0.05, 0.1) is 0 Å². The third-order valence-corrected chi connectivity index (χ3v) is 8.85. The number of rotatable bonds is 3. The second-order valence-corrected chi connectivity index (χ2v) is 11.5. The molecule has 2 aliphatic carbocycles. The van der Waals surface area contributed by atoms with Crippen LogP contribution in [0, 0.1) is 11.8 Å². The summed E-state index contributed by atoms with van der Waals surface area (Å²) in [6, 6.07) is 34.2.